The highest BCUT2D eigenvalue weighted by molar-refractivity contribution is 5.95. The summed E-state index contributed by atoms with van der Waals surface area (Å²) >= 11 is 0. The first-order valence-corrected chi connectivity index (χ1v) is 9.05. The zero-order valence-corrected chi connectivity index (χ0v) is 15.9. The van der Waals surface area contributed by atoms with Crippen molar-refractivity contribution in [3.63, 3.8) is 0 Å². The van der Waals surface area contributed by atoms with Gasteiger partial charge in [0.2, 0.25) is 0 Å². The van der Waals surface area contributed by atoms with Crippen molar-refractivity contribution in [3.05, 3.63) is 58.9 Å². The molecule has 1 aliphatic rings. The predicted molar refractivity (Wildman–Crippen MR) is 101 cm³/mol. The Labute approximate surface area is 162 Å². The SMILES string of the molecule is COc1cc(C(=O)NC(CO)CO)cc2c1OC(C)(Cc1ccccc1F)C2. The summed E-state index contributed by atoms with van der Waals surface area (Å²) in [6.45, 7) is 1.16. The number of amides is 1. The molecule has 1 aliphatic heterocycles. The van der Waals surface area contributed by atoms with Gasteiger partial charge in [0.25, 0.3) is 5.91 Å². The fraction of sp³-hybridized carbons (Fsp3) is 0.381. The lowest BCUT2D eigenvalue weighted by Crippen LogP contribution is -2.40. The van der Waals surface area contributed by atoms with Gasteiger partial charge in [-0.05, 0) is 30.7 Å². The maximum Gasteiger partial charge on any atom is 0.251 e. The Balaban J connectivity index is 1.86. The molecule has 1 heterocycles. The lowest BCUT2D eigenvalue weighted by atomic mass is 9.91. The van der Waals surface area contributed by atoms with E-state index in [1.807, 2.05) is 6.92 Å². The minimum Gasteiger partial charge on any atom is -0.493 e. The molecule has 0 saturated carbocycles. The molecule has 3 N–H and O–H groups in total. The Morgan fingerprint density at radius 3 is 2.68 bits per heavy atom. The molecule has 0 bridgehead atoms. The number of nitrogens with one attached hydrogen (secondary N) is 1. The van der Waals surface area contributed by atoms with E-state index < -0.39 is 17.6 Å². The summed E-state index contributed by atoms with van der Waals surface area (Å²) in [5.41, 5.74) is 1.00. The van der Waals surface area contributed by atoms with Gasteiger partial charge in [-0.15, -0.1) is 0 Å². The first-order valence-electron chi connectivity index (χ1n) is 9.05. The quantitative estimate of drug-likeness (QED) is 0.673. The zero-order valence-electron chi connectivity index (χ0n) is 15.9. The fourth-order valence-corrected chi connectivity index (χ4v) is 3.44. The first kappa shape index (κ1) is 20.1. The number of fused-ring (bicyclic) bond motifs is 1. The highest BCUT2D eigenvalue weighted by Gasteiger charge is 2.38. The van der Waals surface area contributed by atoms with Crippen molar-refractivity contribution in [2.24, 2.45) is 0 Å². The molecule has 0 saturated heterocycles. The maximum atomic E-state index is 14.1. The molecule has 150 valence electrons. The van der Waals surface area contributed by atoms with Crippen LogP contribution in [0.15, 0.2) is 36.4 Å². The van der Waals surface area contributed by atoms with Crippen molar-refractivity contribution in [2.45, 2.75) is 31.4 Å². The Hall–Kier alpha value is -2.64. The van der Waals surface area contributed by atoms with Crippen LogP contribution in [0, 0.1) is 5.82 Å². The van der Waals surface area contributed by atoms with Gasteiger partial charge in [0, 0.05) is 24.0 Å². The number of hydrogen-bond donors (Lipinski definition) is 3. The maximum absolute atomic E-state index is 14.1. The molecule has 0 aromatic heterocycles. The summed E-state index contributed by atoms with van der Waals surface area (Å²) in [5.74, 6) is 0.231. The second-order valence-electron chi connectivity index (χ2n) is 7.20. The van der Waals surface area contributed by atoms with Crippen molar-refractivity contribution >= 4 is 5.91 Å². The summed E-state index contributed by atoms with van der Waals surface area (Å²) < 4.78 is 25.6. The van der Waals surface area contributed by atoms with Crippen molar-refractivity contribution in [2.75, 3.05) is 20.3 Å². The highest BCUT2D eigenvalue weighted by Crippen LogP contribution is 2.44. The number of rotatable bonds is 7. The average molecular weight is 389 g/mol. The number of aliphatic hydroxyl groups excluding tert-OH is 2. The molecule has 2 aromatic carbocycles. The van der Waals surface area contributed by atoms with Crippen LogP contribution in [0.25, 0.3) is 0 Å². The standard InChI is InChI=1S/C21H24FNO5/c1-21(9-13-5-3-4-6-17(13)22)10-15-7-14(8-18(27-2)19(15)28-21)20(26)23-16(11-24)12-25/h3-8,16,24-25H,9-12H2,1-2H3,(H,23,26). The minimum absolute atomic E-state index is 0.283. The van der Waals surface area contributed by atoms with Crippen LogP contribution in [0.5, 0.6) is 11.5 Å². The van der Waals surface area contributed by atoms with Crippen molar-refractivity contribution in [1.82, 2.24) is 5.32 Å². The largest absolute Gasteiger partial charge is 0.493 e. The average Bonchev–Trinajstić information content (AvgIpc) is 3.02. The van der Waals surface area contributed by atoms with Crippen molar-refractivity contribution < 1.29 is 28.9 Å². The molecule has 0 radical (unpaired) electrons. The molecule has 3 rings (SSSR count). The van der Waals surface area contributed by atoms with Crippen LogP contribution in [-0.4, -0.2) is 48.1 Å². The summed E-state index contributed by atoms with van der Waals surface area (Å²) in [6.07, 6.45) is 0.855. The molecule has 28 heavy (non-hydrogen) atoms. The van der Waals surface area contributed by atoms with Gasteiger partial charge < -0.3 is 25.0 Å². The Morgan fingerprint density at radius 2 is 2.04 bits per heavy atom. The smallest absolute Gasteiger partial charge is 0.251 e. The Bertz CT molecular complexity index is 868. The van der Waals surface area contributed by atoms with Crippen LogP contribution in [0.4, 0.5) is 4.39 Å². The van der Waals surface area contributed by atoms with Crippen LogP contribution in [0.1, 0.15) is 28.4 Å². The lowest BCUT2D eigenvalue weighted by molar-refractivity contribution is 0.0879. The third kappa shape index (κ3) is 4.10. The number of aliphatic hydroxyl groups is 2. The van der Waals surface area contributed by atoms with Crippen LogP contribution >= 0.6 is 0 Å². The number of methoxy groups -OCH3 is 1. The molecule has 0 fully saturated rings. The van der Waals surface area contributed by atoms with Gasteiger partial charge in [-0.25, -0.2) is 4.39 Å². The van der Waals surface area contributed by atoms with E-state index in [-0.39, 0.29) is 19.0 Å². The molecular formula is C21H24FNO5. The number of carbonyl (C=O) groups excluding carboxylic acids is 1. The molecule has 2 aromatic rings. The van der Waals surface area contributed by atoms with E-state index >= 15 is 0 Å². The molecular weight excluding hydrogens is 365 g/mol. The number of halogens is 1. The van der Waals surface area contributed by atoms with Gasteiger partial charge in [-0.3, -0.25) is 4.79 Å². The zero-order chi connectivity index (χ0) is 20.3. The topological polar surface area (TPSA) is 88.0 Å². The van der Waals surface area contributed by atoms with Crippen molar-refractivity contribution in [1.29, 1.82) is 0 Å². The van der Waals surface area contributed by atoms with E-state index in [4.69, 9.17) is 19.7 Å². The van der Waals surface area contributed by atoms with Gasteiger partial charge in [-0.2, -0.15) is 0 Å². The molecule has 0 aliphatic carbocycles. The summed E-state index contributed by atoms with van der Waals surface area (Å²) in [4.78, 5) is 12.5. The Kier molecular flexibility index (Phi) is 5.86. The molecule has 1 amide bonds. The van der Waals surface area contributed by atoms with E-state index in [0.717, 1.165) is 5.56 Å². The second kappa shape index (κ2) is 8.16. The van der Waals surface area contributed by atoms with E-state index in [1.165, 1.54) is 13.2 Å². The molecule has 0 spiro atoms. The van der Waals surface area contributed by atoms with Gasteiger partial charge in [0.15, 0.2) is 11.5 Å². The molecule has 1 atom stereocenters. The highest BCUT2D eigenvalue weighted by atomic mass is 19.1. The first-order chi connectivity index (χ1) is 13.4. The third-order valence-corrected chi connectivity index (χ3v) is 4.82. The molecule has 7 heteroatoms. The number of hydrogen-bond acceptors (Lipinski definition) is 5. The van der Waals surface area contributed by atoms with E-state index in [0.29, 0.717) is 35.5 Å². The minimum atomic E-state index is -0.741. The predicted octanol–water partition coefficient (Wildman–Crippen LogP) is 1.85. The van der Waals surface area contributed by atoms with E-state index in [9.17, 15) is 9.18 Å². The summed E-state index contributed by atoms with van der Waals surface area (Å²) in [6, 6.07) is 9.08. The van der Waals surface area contributed by atoms with Crippen LogP contribution in [0.2, 0.25) is 0 Å². The van der Waals surface area contributed by atoms with Gasteiger partial charge in [0.1, 0.15) is 11.4 Å². The van der Waals surface area contributed by atoms with Crippen LogP contribution in [-0.2, 0) is 12.8 Å². The normalized spacial score (nSPS) is 17.9. The fourth-order valence-electron chi connectivity index (χ4n) is 3.44. The van der Waals surface area contributed by atoms with Gasteiger partial charge >= 0.3 is 0 Å². The van der Waals surface area contributed by atoms with Crippen LogP contribution < -0.4 is 14.8 Å². The van der Waals surface area contributed by atoms with Crippen LogP contribution in [0.3, 0.4) is 0 Å². The van der Waals surface area contributed by atoms with Gasteiger partial charge in [-0.1, -0.05) is 18.2 Å². The van der Waals surface area contributed by atoms with Gasteiger partial charge in [0.05, 0.1) is 26.4 Å². The molecule has 1 unspecified atom stereocenters. The molecule has 6 nitrogen and oxygen atoms in total. The third-order valence-electron chi connectivity index (χ3n) is 4.82. The Morgan fingerprint density at radius 1 is 1.32 bits per heavy atom. The van der Waals surface area contributed by atoms with E-state index in [1.54, 1.807) is 30.3 Å². The summed E-state index contributed by atoms with van der Waals surface area (Å²) in [5, 5.41) is 20.9. The number of benzene rings is 2. The van der Waals surface area contributed by atoms with Crippen molar-refractivity contribution in [3.8, 4) is 11.5 Å². The number of carbonyl (C=O) groups is 1. The second-order valence-corrected chi connectivity index (χ2v) is 7.20. The summed E-state index contributed by atoms with van der Waals surface area (Å²) in [7, 11) is 1.48. The number of ether oxygens (including phenoxy) is 2. The monoisotopic (exact) mass is 389 g/mol. The lowest BCUT2D eigenvalue weighted by Gasteiger charge is -2.24. The van der Waals surface area contributed by atoms with E-state index in [2.05, 4.69) is 5.32 Å².